The number of hydrogen-bond acceptors (Lipinski definition) is 5. The van der Waals surface area contributed by atoms with Gasteiger partial charge in [0.25, 0.3) is 0 Å². The fourth-order valence-electron chi connectivity index (χ4n) is 3.71. The van der Waals surface area contributed by atoms with Crippen molar-refractivity contribution in [3.8, 4) is 11.1 Å². The molecular weight excluding hydrogens is 384 g/mol. The first-order valence-electron chi connectivity index (χ1n) is 9.90. The number of carboxylic acids is 1. The van der Waals surface area contributed by atoms with Gasteiger partial charge in [0, 0.05) is 12.5 Å². The molecule has 0 radical (unpaired) electrons. The molecule has 2 aromatic carbocycles. The number of benzene rings is 2. The second kappa shape index (κ2) is 10.4. The number of rotatable bonds is 10. The first-order valence-corrected chi connectivity index (χ1v) is 9.90. The summed E-state index contributed by atoms with van der Waals surface area (Å²) in [6.45, 7) is 0.675. The van der Waals surface area contributed by atoms with Gasteiger partial charge in [-0.2, -0.15) is 0 Å². The summed E-state index contributed by atoms with van der Waals surface area (Å²) in [6.07, 6.45) is 2.24. The van der Waals surface area contributed by atoms with Crippen molar-refractivity contribution in [2.24, 2.45) is 10.8 Å². The average Bonchev–Trinajstić information content (AvgIpc) is 3.07. The highest BCUT2D eigenvalue weighted by atomic mass is 16.5. The number of hydrogen-bond donors (Lipinski definition) is 4. The number of nitrogens with one attached hydrogen (secondary N) is 2. The number of unbranched alkanes of at least 4 members (excludes halogenated alkanes) is 1. The topological polar surface area (TPSA) is 126 Å². The molecule has 0 aromatic heterocycles. The molecular formula is C22H26N4O4. The Morgan fingerprint density at radius 3 is 2.33 bits per heavy atom. The molecule has 1 unspecified atom stereocenters. The molecule has 0 aliphatic heterocycles. The van der Waals surface area contributed by atoms with Crippen LogP contribution in [0.25, 0.3) is 11.1 Å². The summed E-state index contributed by atoms with van der Waals surface area (Å²) in [6, 6.07) is 15.1. The number of fused-ring (bicyclic) bond motifs is 3. The number of carboxylic acid groups (broad SMARTS) is 1. The van der Waals surface area contributed by atoms with Gasteiger partial charge in [0.1, 0.15) is 12.6 Å². The van der Waals surface area contributed by atoms with E-state index in [-0.39, 0.29) is 12.5 Å². The van der Waals surface area contributed by atoms with E-state index < -0.39 is 18.1 Å². The van der Waals surface area contributed by atoms with Crippen molar-refractivity contribution in [1.29, 1.82) is 0 Å². The van der Waals surface area contributed by atoms with Crippen LogP contribution in [0.3, 0.4) is 0 Å². The second-order valence-corrected chi connectivity index (χ2v) is 7.06. The fourth-order valence-corrected chi connectivity index (χ4v) is 3.71. The number of nitrogens with two attached hydrogens (primary N) is 1. The van der Waals surface area contributed by atoms with Gasteiger partial charge >= 0.3 is 12.1 Å². The SMILES string of the molecule is NNC=NCCCCC(NC(=O)OCC1c2ccccc2-c2ccccc21)C(=O)O. The van der Waals surface area contributed by atoms with Crippen LogP contribution >= 0.6 is 0 Å². The zero-order valence-electron chi connectivity index (χ0n) is 16.6. The number of carbonyl (C=O) groups excluding carboxylic acids is 1. The Morgan fingerprint density at radius 2 is 1.73 bits per heavy atom. The van der Waals surface area contributed by atoms with Crippen molar-refractivity contribution in [2.75, 3.05) is 13.2 Å². The quantitative estimate of drug-likeness (QED) is 0.157. The van der Waals surface area contributed by atoms with Crippen LogP contribution in [-0.2, 0) is 9.53 Å². The molecule has 0 saturated heterocycles. The van der Waals surface area contributed by atoms with Gasteiger partial charge in [0.05, 0.1) is 6.34 Å². The van der Waals surface area contributed by atoms with Crippen LogP contribution in [0.1, 0.15) is 36.3 Å². The number of nitrogens with zero attached hydrogens (tertiary/aromatic N) is 1. The molecule has 30 heavy (non-hydrogen) atoms. The Morgan fingerprint density at radius 1 is 1.10 bits per heavy atom. The Kier molecular flexibility index (Phi) is 7.40. The minimum absolute atomic E-state index is 0.0690. The van der Waals surface area contributed by atoms with E-state index in [4.69, 9.17) is 10.6 Å². The van der Waals surface area contributed by atoms with Gasteiger partial charge in [-0.15, -0.1) is 0 Å². The largest absolute Gasteiger partial charge is 0.480 e. The Balaban J connectivity index is 1.54. The normalized spacial score (nSPS) is 13.5. The molecule has 0 saturated carbocycles. The summed E-state index contributed by atoms with van der Waals surface area (Å²) >= 11 is 0. The van der Waals surface area contributed by atoms with Crippen molar-refractivity contribution in [2.45, 2.75) is 31.2 Å². The Labute approximate surface area is 175 Å². The smallest absolute Gasteiger partial charge is 0.407 e. The number of amides is 1. The fraction of sp³-hybridized carbons (Fsp3) is 0.318. The Bertz CT molecular complexity index is 870. The third kappa shape index (κ3) is 5.15. The summed E-state index contributed by atoms with van der Waals surface area (Å²) in [4.78, 5) is 27.7. The van der Waals surface area contributed by atoms with Crippen LogP contribution in [0.15, 0.2) is 53.5 Å². The van der Waals surface area contributed by atoms with E-state index in [0.717, 1.165) is 22.3 Å². The van der Waals surface area contributed by atoms with E-state index in [0.29, 0.717) is 25.8 Å². The molecule has 158 valence electrons. The van der Waals surface area contributed by atoms with Crippen molar-refractivity contribution < 1.29 is 19.4 Å². The third-order valence-corrected chi connectivity index (χ3v) is 5.13. The van der Waals surface area contributed by atoms with Gasteiger partial charge < -0.3 is 20.6 Å². The zero-order chi connectivity index (χ0) is 21.3. The highest BCUT2D eigenvalue weighted by Gasteiger charge is 2.29. The predicted molar refractivity (Wildman–Crippen MR) is 114 cm³/mol. The van der Waals surface area contributed by atoms with Gasteiger partial charge in [-0.25, -0.2) is 15.4 Å². The molecule has 3 rings (SSSR count). The number of ether oxygens (including phenoxy) is 1. The van der Waals surface area contributed by atoms with Gasteiger partial charge in [-0.3, -0.25) is 4.99 Å². The number of alkyl carbamates (subject to hydrolysis) is 1. The first kappa shape index (κ1) is 21.3. The summed E-state index contributed by atoms with van der Waals surface area (Å²) in [7, 11) is 0. The molecule has 1 atom stereocenters. The lowest BCUT2D eigenvalue weighted by molar-refractivity contribution is -0.139. The minimum Gasteiger partial charge on any atom is -0.480 e. The van der Waals surface area contributed by atoms with E-state index in [1.54, 1.807) is 0 Å². The standard InChI is InChI=1S/C22H26N4O4/c23-25-14-24-12-6-5-11-20(21(27)28)26-22(29)30-13-19-17-9-3-1-7-15(17)16-8-2-4-10-18(16)19/h1-4,7-10,14,19-20H,5-6,11-13,23H2,(H,24,25)(H,26,29)(H,27,28). The zero-order valence-corrected chi connectivity index (χ0v) is 16.6. The number of aliphatic carboxylic acids is 1. The summed E-state index contributed by atoms with van der Waals surface area (Å²) in [5.74, 6) is 3.92. The lowest BCUT2D eigenvalue weighted by atomic mass is 9.98. The highest BCUT2D eigenvalue weighted by molar-refractivity contribution is 5.81. The van der Waals surface area contributed by atoms with Crippen molar-refractivity contribution in [3.05, 3.63) is 59.7 Å². The van der Waals surface area contributed by atoms with E-state index in [1.807, 2.05) is 36.4 Å². The average molecular weight is 410 g/mol. The van der Waals surface area contributed by atoms with Crippen LogP contribution in [0.4, 0.5) is 4.79 Å². The molecule has 2 aromatic rings. The monoisotopic (exact) mass is 410 g/mol. The number of aliphatic imine (C=N–C) groups is 1. The highest BCUT2D eigenvalue weighted by Crippen LogP contribution is 2.44. The lowest BCUT2D eigenvalue weighted by Gasteiger charge is -2.17. The van der Waals surface area contributed by atoms with Crippen molar-refractivity contribution in [3.63, 3.8) is 0 Å². The Hall–Kier alpha value is -3.39. The molecule has 1 aliphatic rings. The third-order valence-electron chi connectivity index (χ3n) is 5.13. The van der Waals surface area contributed by atoms with Gasteiger partial charge in [-0.05, 0) is 41.5 Å². The maximum Gasteiger partial charge on any atom is 0.407 e. The molecule has 8 nitrogen and oxygen atoms in total. The van der Waals surface area contributed by atoms with Crippen LogP contribution in [0.5, 0.6) is 0 Å². The molecule has 0 bridgehead atoms. The molecule has 0 fully saturated rings. The van der Waals surface area contributed by atoms with Gasteiger partial charge in [0.15, 0.2) is 0 Å². The molecule has 5 N–H and O–H groups in total. The molecule has 8 heteroatoms. The lowest BCUT2D eigenvalue weighted by Crippen LogP contribution is -2.41. The first-order chi connectivity index (χ1) is 14.6. The minimum atomic E-state index is -1.09. The van der Waals surface area contributed by atoms with Crippen LogP contribution < -0.4 is 16.6 Å². The van der Waals surface area contributed by atoms with Crippen LogP contribution in [0, 0.1) is 0 Å². The second-order valence-electron chi connectivity index (χ2n) is 7.06. The van der Waals surface area contributed by atoms with Gasteiger partial charge in [-0.1, -0.05) is 48.5 Å². The van der Waals surface area contributed by atoms with E-state index >= 15 is 0 Å². The van der Waals surface area contributed by atoms with Crippen molar-refractivity contribution in [1.82, 2.24) is 10.7 Å². The van der Waals surface area contributed by atoms with Crippen LogP contribution in [0.2, 0.25) is 0 Å². The molecule has 0 heterocycles. The summed E-state index contributed by atoms with van der Waals surface area (Å²) < 4.78 is 5.42. The van der Waals surface area contributed by atoms with E-state index in [9.17, 15) is 14.7 Å². The van der Waals surface area contributed by atoms with E-state index in [2.05, 4.69) is 27.9 Å². The summed E-state index contributed by atoms with van der Waals surface area (Å²) in [5, 5.41) is 11.8. The maximum absolute atomic E-state index is 12.3. The summed E-state index contributed by atoms with van der Waals surface area (Å²) in [5.41, 5.74) is 6.79. The van der Waals surface area contributed by atoms with Gasteiger partial charge in [0.2, 0.25) is 0 Å². The molecule has 1 amide bonds. The van der Waals surface area contributed by atoms with E-state index in [1.165, 1.54) is 6.34 Å². The maximum atomic E-state index is 12.3. The predicted octanol–water partition coefficient (Wildman–Crippen LogP) is 2.64. The van der Waals surface area contributed by atoms with Crippen molar-refractivity contribution >= 4 is 18.4 Å². The molecule has 0 spiro atoms. The number of hydrazine groups is 1. The van der Waals surface area contributed by atoms with Crippen LogP contribution in [-0.4, -0.2) is 42.7 Å². The number of carbonyl (C=O) groups is 2. The molecule has 1 aliphatic carbocycles.